The molecule has 27 heavy (non-hydrogen) atoms. The topological polar surface area (TPSA) is 66.0 Å². The Bertz CT molecular complexity index is 904. The minimum absolute atomic E-state index is 0.407. The number of benzene rings is 2. The first-order chi connectivity index (χ1) is 12.7. The Morgan fingerprint density at radius 3 is 2.11 bits per heavy atom. The predicted octanol–water partition coefficient (Wildman–Crippen LogP) is 3.93. The van der Waals surface area contributed by atoms with E-state index in [1.807, 2.05) is 12.1 Å². The summed E-state index contributed by atoms with van der Waals surface area (Å²) in [5.74, 6) is -0.207. The highest BCUT2D eigenvalue weighted by Crippen LogP contribution is 2.37. The van der Waals surface area contributed by atoms with Crippen LogP contribution in [-0.4, -0.2) is 27.0 Å². The smallest absolute Gasteiger partial charge is 0.426 e. The van der Waals surface area contributed by atoms with Crippen LogP contribution >= 0.6 is 0 Å². The van der Waals surface area contributed by atoms with E-state index in [0.717, 1.165) is 23.3 Å². The van der Waals surface area contributed by atoms with Gasteiger partial charge in [-0.15, -0.1) is 5.10 Å². The van der Waals surface area contributed by atoms with Crippen molar-refractivity contribution < 1.29 is 26.7 Å². The van der Waals surface area contributed by atoms with E-state index in [0.29, 0.717) is 18.1 Å². The van der Waals surface area contributed by atoms with Crippen LogP contribution in [0.5, 0.6) is 5.75 Å². The number of rotatable bonds is 5. The molecule has 0 spiro atoms. The molecule has 3 aromatic rings. The second-order valence-electron chi connectivity index (χ2n) is 5.52. The number of ether oxygens (including phenoxy) is 1. The number of nitrogens with two attached hydrogens (primary N) is 1. The minimum atomic E-state index is -5.80. The maximum Gasteiger partial charge on any atom is 0.499 e. The van der Waals surface area contributed by atoms with Crippen molar-refractivity contribution in [3.05, 3.63) is 60.4 Å². The Morgan fingerprint density at radius 2 is 1.56 bits per heavy atom. The van der Waals surface area contributed by atoms with E-state index in [-0.39, 0.29) is 0 Å². The maximum absolute atomic E-state index is 12.9. The Kier molecular flexibility index (Phi) is 4.83. The summed E-state index contributed by atoms with van der Waals surface area (Å²) in [6.45, 7) is 0.407. The monoisotopic (exact) mass is 384 g/mol. The van der Waals surface area contributed by atoms with Gasteiger partial charge in [-0.05, 0) is 29.8 Å². The van der Waals surface area contributed by atoms with Crippen LogP contribution in [0.4, 0.5) is 22.0 Å². The van der Waals surface area contributed by atoms with Gasteiger partial charge in [-0.1, -0.05) is 24.3 Å². The van der Waals surface area contributed by atoms with Crippen LogP contribution < -0.4 is 10.5 Å². The van der Waals surface area contributed by atoms with Gasteiger partial charge in [0.05, 0.1) is 5.69 Å². The van der Waals surface area contributed by atoms with Gasteiger partial charge in [0.25, 0.3) is 0 Å². The zero-order valence-corrected chi connectivity index (χ0v) is 13.6. The molecule has 0 atom stereocenters. The van der Waals surface area contributed by atoms with Crippen molar-refractivity contribution in [3.8, 4) is 22.8 Å². The molecule has 142 valence electrons. The second-order valence-corrected chi connectivity index (χ2v) is 5.52. The van der Waals surface area contributed by atoms with Crippen molar-refractivity contribution in [2.45, 2.75) is 18.8 Å². The lowest BCUT2D eigenvalue weighted by molar-refractivity contribution is -0.360. The zero-order valence-electron chi connectivity index (χ0n) is 13.6. The third-order valence-electron chi connectivity index (χ3n) is 3.62. The first kappa shape index (κ1) is 18.8. The average molecular weight is 384 g/mol. The molecular weight excluding hydrogens is 371 g/mol. The summed E-state index contributed by atoms with van der Waals surface area (Å²) in [7, 11) is 0. The number of hydrogen-bond acceptors (Lipinski definition) is 4. The molecule has 0 bridgehead atoms. The summed E-state index contributed by atoms with van der Waals surface area (Å²) < 4.78 is 67.4. The predicted molar refractivity (Wildman–Crippen MR) is 86.3 cm³/mol. The number of aromatic nitrogens is 3. The van der Waals surface area contributed by atoms with Crippen LogP contribution in [-0.2, 0) is 6.54 Å². The molecule has 1 aromatic heterocycles. The van der Waals surface area contributed by atoms with Crippen LogP contribution in [0.15, 0.2) is 54.9 Å². The van der Waals surface area contributed by atoms with E-state index < -0.39 is 18.0 Å². The summed E-state index contributed by atoms with van der Waals surface area (Å²) in [4.78, 5) is 4.15. The van der Waals surface area contributed by atoms with Gasteiger partial charge < -0.3 is 10.5 Å². The lowest BCUT2D eigenvalue weighted by atomic mass is 10.1. The molecule has 0 amide bonds. The van der Waals surface area contributed by atoms with Crippen molar-refractivity contribution in [1.29, 1.82) is 0 Å². The number of halogens is 5. The molecular formula is C17H13F5N4O. The van der Waals surface area contributed by atoms with Crippen molar-refractivity contribution in [2.24, 2.45) is 5.73 Å². The number of nitrogens with zero attached hydrogens (tertiary/aromatic N) is 3. The second kappa shape index (κ2) is 6.95. The molecule has 2 N–H and O–H groups in total. The highest BCUT2D eigenvalue weighted by Gasteiger charge is 2.61. The molecule has 0 saturated heterocycles. The summed E-state index contributed by atoms with van der Waals surface area (Å²) in [5, 5.41) is 4.26. The third-order valence-corrected chi connectivity index (χ3v) is 3.62. The maximum atomic E-state index is 12.9. The van der Waals surface area contributed by atoms with Crippen molar-refractivity contribution in [1.82, 2.24) is 14.8 Å². The van der Waals surface area contributed by atoms with Gasteiger partial charge >= 0.3 is 12.3 Å². The molecule has 0 aliphatic rings. The molecule has 0 fully saturated rings. The molecule has 1 heterocycles. The highest BCUT2D eigenvalue weighted by atomic mass is 19.4. The van der Waals surface area contributed by atoms with Crippen molar-refractivity contribution in [3.63, 3.8) is 0 Å². The molecule has 0 saturated carbocycles. The molecule has 0 radical (unpaired) electrons. The van der Waals surface area contributed by atoms with Crippen LogP contribution in [0.2, 0.25) is 0 Å². The lowest BCUT2D eigenvalue weighted by Crippen LogP contribution is -2.41. The van der Waals surface area contributed by atoms with Gasteiger partial charge in [0, 0.05) is 12.1 Å². The van der Waals surface area contributed by atoms with E-state index in [9.17, 15) is 22.0 Å². The fourth-order valence-corrected chi connectivity index (χ4v) is 2.18. The first-order valence-electron chi connectivity index (χ1n) is 7.64. The fraction of sp³-hybridized carbons (Fsp3) is 0.176. The normalized spacial score (nSPS) is 12.2. The molecule has 0 unspecified atom stereocenters. The first-order valence-corrected chi connectivity index (χ1v) is 7.64. The van der Waals surface area contributed by atoms with E-state index in [4.69, 9.17) is 5.73 Å². The van der Waals surface area contributed by atoms with E-state index in [1.165, 1.54) is 23.1 Å². The van der Waals surface area contributed by atoms with Gasteiger partial charge in [0.1, 0.15) is 12.1 Å². The Labute approximate surface area is 150 Å². The zero-order chi connectivity index (χ0) is 19.7. The van der Waals surface area contributed by atoms with Gasteiger partial charge in [-0.3, -0.25) is 0 Å². The standard InChI is InChI=1S/C17H13F5N4O/c18-16(19,20)17(21,22)27-14-7-5-13(6-8-14)26-10-24-15(25-26)12-3-1-11(9-23)2-4-12/h1-8,10H,9,23H2. The van der Waals surface area contributed by atoms with Gasteiger partial charge in [-0.2, -0.15) is 22.0 Å². The van der Waals surface area contributed by atoms with Gasteiger partial charge in [0.2, 0.25) is 0 Å². The summed E-state index contributed by atoms with van der Waals surface area (Å²) in [6.07, 6.45) is -9.68. The highest BCUT2D eigenvalue weighted by molar-refractivity contribution is 5.55. The summed E-state index contributed by atoms with van der Waals surface area (Å²) >= 11 is 0. The van der Waals surface area contributed by atoms with Gasteiger partial charge in [0.15, 0.2) is 5.82 Å². The van der Waals surface area contributed by atoms with E-state index in [2.05, 4.69) is 14.8 Å². The molecule has 10 heteroatoms. The van der Waals surface area contributed by atoms with Crippen LogP contribution in [0.25, 0.3) is 17.1 Å². The molecule has 3 rings (SSSR count). The lowest BCUT2D eigenvalue weighted by Gasteiger charge is -2.20. The average Bonchev–Trinajstić information content (AvgIpc) is 3.11. The van der Waals surface area contributed by atoms with Crippen molar-refractivity contribution in [2.75, 3.05) is 0 Å². The summed E-state index contributed by atoms with van der Waals surface area (Å²) in [5.41, 5.74) is 7.64. The SMILES string of the molecule is NCc1ccc(-c2ncn(-c3ccc(OC(F)(F)C(F)(F)F)cc3)n2)cc1. The quantitative estimate of drug-likeness (QED) is 0.677. The largest absolute Gasteiger partial charge is 0.499 e. The van der Waals surface area contributed by atoms with Crippen LogP contribution in [0.1, 0.15) is 5.56 Å². The minimum Gasteiger partial charge on any atom is -0.426 e. The Hall–Kier alpha value is -3.01. The van der Waals surface area contributed by atoms with E-state index in [1.54, 1.807) is 12.1 Å². The number of alkyl halides is 5. The molecule has 5 nitrogen and oxygen atoms in total. The fourth-order valence-electron chi connectivity index (χ4n) is 2.18. The van der Waals surface area contributed by atoms with Crippen molar-refractivity contribution >= 4 is 0 Å². The Balaban J connectivity index is 1.77. The third kappa shape index (κ3) is 4.05. The van der Waals surface area contributed by atoms with Crippen LogP contribution in [0.3, 0.4) is 0 Å². The number of hydrogen-bond donors (Lipinski definition) is 1. The molecule has 2 aromatic carbocycles. The summed E-state index contributed by atoms with van der Waals surface area (Å²) in [6, 6.07) is 11.8. The van der Waals surface area contributed by atoms with Gasteiger partial charge in [-0.25, -0.2) is 9.67 Å². The van der Waals surface area contributed by atoms with E-state index >= 15 is 0 Å². The van der Waals surface area contributed by atoms with Crippen LogP contribution in [0, 0.1) is 0 Å². The Morgan fingerprint density at radius 1 is 0.926 bits per heavy atom. The molecule has 0 aliphatic heterocycles. The molecule has 0 aliphatic carbocycles.